The van der Waals surface area contributed by atoms with E-state index >= 15 is 0 Å². The predicted molar refractivity (Wildman–Crippen MR) is 91.3 cm³/mol. The highest BCUT2D eigenvalue weighted by Crippen LogP contribution is 2.34. The maximum Gasteiger partial charge on any atom is 0.271 e. The van der Waals surface area contributed by atoms with Crippen LogP contribution in [0.5, 0.6) is 0 Å². The van der Waals surface area contributed by atoms with E-state index in [1.54, 1.807) is 41.4 Å². The fraction of sp³-hybridized carbons (Fsp3) is 0. The van der Waals surface area contributed by atoms with Crippen LogP contribution in [0.2, 0.25) is 0 Å². The third-order valence-electron chi connectivity index (χ3n) is 3.45. The highest BCUT2D eigenvalue weighted by molar-refractivity contribution is 7.89. The van der Waals surface area contributed by atoms with Crippen LogP contribution in [0.3, 0.4) is 0 Å². The van der Waals surface area contributed by atoms with Crippen LogP contribution < -0.4 is 10.0 Å². The SMILES string of the molecule is NS(=O)(=O)c1ccc(N(c2cccc([N+](=O)[O-])c2)c2ccn[nH]2)cc1. The fourth-order valence-corrected chi connectivity index (χ4v) is 2.85. The highest BCUT2D eigenvalue weighted by Gasteiger charge is 2.17. The van der Waals surface area contributed by atoms with Crippen molar-refractivity contribution >= 4 is 32.9 Å². The molecule has 0 bridgehead atoms. The van der Waals surface area contributed by atoms with E-state index in [2.05, 4.69) is 10.2 Å². The minimum absolute atomic E-state index is 0.0279. The molecule has 0 amide bonds. The molecule has 0 saturated heterocycles. The maximum atomic E-state index is 11.4. The number of primary sulfonamides is 1. The molecule has 1 aromatic heterocycles. The van der Waals surface area contributed by atoms with Crippen LogP contribution in [0.4, 0.5) is 22.9 Å². The van der Waals surface area contributed by atoms with Gasteiger partial charge in [0.15, 0.2) is 0 Å². The monoisotopic (exact) mass is 359 g/mol. The minimum atomic E-state index is -3.81. The first-order valence-electron chi connectivity index (χ1n) is 7.03. The number of rotatable bonds is 5. The second-order valence-electron chi connectivity index (χ2n) is 5.09. The summed E-state index contributed by atoms with van der Waals surface area (Å²) in [6, 6.07) is 13.6. The molecule has 3 rings (SSSR count). The number of aromatic amines is 1. The van der Waals surface area contributed by atoms with Crippen LogP contribution in [0.25, 0.3) is 0 Å². The van der Waals surface area contributed by atoms with Crippen molar-refractivity contribution < 1.29 is 13.3 Å². The molecule has 1 heterocycles. The number of anilines is 3. The summed E-state index contributed by atoms with van der Waals surface area (Å²) in [6.07, 6.45) is 1.54. The topological polar surface area (TPSA) is 135 Å². The molecule has 0 atom stereocenters. The first kappa shape index (κ1) is 16.6. The van der Waals surface area contributed by atoms with E-state index in [1.165, 1.54) is 24.3 Å². The van der Waals surface area contributed by atoms with Crippen LogP contribution in [0.15, 0.2) is 65.7 Å². The normalized spacial score (nSPS) is 11.2. The lowest BCUT2D eigenvalue weighted by molar-refractivity contribution is -0.384. The number of nitro benzene ring substituents is 1. The summed E-state index contributed by atoms with van der Waals surface area (Å²) in [5, 5.41) is 22.8. The molecule has 2 aromatic carbocycles. The van der Waals surface area contributed by atoms with Crippen molar-refractivity contribution in [2.45, 2.75) is 4.90 Å². The van der Waals surface area contributed by atoms with Gasteiger partial charge in [-0.3, -0.25) is 20.1 Å². The predicted octanol–water partition coefficient (Wildman–Crippen LogP) is 2.44. The molecule has 0 unspecified atom stereocenters. The molecule has 10 heteroatoms. The zero-order chi connectivity index (χ0) is 18.0. The smallest absolute Gasteiger partial charge is 0.271 e. The van der Waals surface area contributed by atoms with Crippen molar-refractivity contribution in [2.24, 2.45) is 5.14 Å². The molecular formula is C15H13N5O4S. The molecule has 9 nitrogen and oxygen atoms in total. The van der Waals surface area contributed by atoms with Gasteiger partial charge in [0.2, 0.25) is 10.0 Å². The quantitative estimate of drug-likeness (QED) is 0.530. The van der Waals surface area contributed by atoms with Gasteiger partial charge in [0.1, 0.15) is 5.82 Å². The van der Waals surface area contributed by atoms with Gasteiger partial charge in [-0.15, -0.1) is 0 Å². The molecular weight excluding hydrogens is 346 g/mol. The molecule has 0 spiro atoms. The van der Waals surface area contributed by atoms with Crippen LogP contribution in [0.1, 0.15) is 0 Å². The summed E-state index contributed by atoms with van der Waals surface area (Å²) in [5.41, 5.74) is 1.03. The van der Waals surface area contributed by atoms with E-state index in [9.17, 15) is 18.5 Å². The summed E-state index contributed by atoms with van der Waals surface area (Å²) in [6.45, 7) is 0. The van der Waals surface area contributed by atoms with Gasteiger partial charge in [-0.1, -0.05) is 6.07 Å². The molecule has 25 heavy (non-hydrogen) atoms. The van der Waals surface area contributed by atoms with Crippen molar-refractivity contribution in [3.63, 3.8) is 0 Å². The van der Waals surface area contributed by atoms with Gasteiger partial charge in [0.25, 0.3) is 5.69 Å². The van der Waals surface area contributed by atoms with E-state index in [4.69, 9.17) is 5.14 Å². The van der Waals surface area contributed by atoms with Gasteiger partial charge >= 0.3 is 0 Å². The zero-order valence-electron chi connectivity index (χ0n) is 12.7. The van der Waals surface area contributed by atoms with E-state index in [1.807, 2.05) is 0 Å². The van der Waals surface area contributed by atoms with Crippen LogP contribution in [0, 0.1) is 10.1 Å². The van der Waals surface area contributed by atoms with E-state index in [0.717, 1.165) is 0 Å². The Morgan fingerprint density at radius 1 is 1.08 bits per heavy atom. The Kier molecular flexibility index (Phi) is 4.21. The van der Waals surface area contributed by atoms with Gasteiger partial charge in [0.05, 0.1) is 21.7 Å². The number of non-ortho nitro benzene ring substituents is 1. The maximum absolute atomic E-state index is 11.4. The van der Waals surface area contributed by atoms with Crippen molar-refractivity contribution in [2.75, 3.05) is 4.90 Å². The third-order valence-corrected chi connectivity index (χ3v) is 4.38. The number of hydrogen-bond acceptors (Lipinski definition) is 6. The number of hydrogen-bond donors (Lipinski definition) is 2. The first-order chi connectivity index (χ1) is 11.9. The van der Waals surface area contributed by atoms with Gasteiger partial charge < -0.3 is 0 Å². The van der Waals surface area contributed by atoms with Crippen molar-refractivity contribution in [3.05, 3.63) is 70.9 Å². The Bertz CT molecular complexity index is 1000. The van der Waals surface area contributed by atoms with Crippen molar-refractivity contribution in [1.29, 1.82) is 0 Å². The number of sulfonamides is 1. The Morgan fingerprint density at radius 2 is 1.80 bits per heavy atom. The molecule has 0 aliphatic rings. The number of benzene rings is 2. The average molecular weight is 359 g/mol. The van der Waals surface area contributed by atoms with Crippen LogP contribution in [-0.4, -0.2) is 23.5 Å². The molecule has 128 valence electrons. The van der Waals surface area contributed by atoms with E-state index in [0.29, 0.717) is 17.2 Å². The summed E-state index contributed by atoms with van der Waals surface area (Å²) in [5.74, 6) is 0.559. The number of aromatic nitrogens is 2. The number of H-pyrrole nitrogens is 1. The van der Waals surface area contributed by atoms with E-state index < -0.39 is 14.9 Å². The summed E-state index contributed by atoms with van der Waals surface area (Å²) < 4.78 is 22.8. The largest absolute Gasteiger partial charge is 0.295 e. The number of nitrogens with two attached hydrogens (primary N) is 1. The second-order valence-corrected chi connectivity index (χ2v) is 6.65. The van der Waals surface area contributed by atoms with Gasteiger partial charge in [0, 0.05) is 23.9 Å². The Morgan fingerprint density at radius 3 is 2.36 bits per heavy atom. The first-order valence-corrected chi connectivity index (χ1v) is 8.58. The van der Waals surface area contributed by atoms with Gasteiger partial charge in [-0.25, -0.2) is 13.6 Å². The third kappa shape index (κ3) is 3.49. The standard InChI is InChI=1S/C15H13N5O4S/c16-25(23,24)14-6-4-11(5-7-14)19(15-8-9-17-18-15)12-2-1-3-13(10-12)20(21)22/h1-10H,(H,17,18)(H2,16,23,24). The van der Waals surface area contributed by atoms with Crippen LogP contribution in [-0.2, 0) is 10.0 Å². The fourth-order valence-electron chi connectivity index (χ4n) is 2.33. The lowest BCUT2D eigenvalue weighted by Gasteiger charge is -2.23. The molecule has 3 N–H and O–H groups in total. The molecule has 0 aliphatic heterocycles. The molecule has 0 aliphatic carbocycles. The Balaban J connectivity index is 2.11. The lowest BCUT2D eigenvalue weighted by atomic mass is 10.2. The molecule has 3 aromatic rings. The zero-order valence-corrected chi connectivity index (χ0v) is 13.6. The molecule has 0 fully saturated rings. The number of nitro groups is 1. The summed E-state index contributed by atoms with van der Waals surface area (Å²) >= 11 is 0. The number of nitrogens with one attached hydrogen (secondary N) is 1. The second kappa shape index (κ2) is 6.34. The minimum Gasteiger partial charge on any atom is -0.295 e. The Hall–Kier alpha value is -3.24. The summed E-state index contributed by atoms with van der Waals surface area (Å²) in [7, 11) is -3.81. The average Bonchev–Trinajstić information content (AvgIpc) is 3.09. The van der Waals surface area contributed by atoms with Crippen molar-refractivity contribution in [1.82, 2.24) is 10.2 Å². The van der Waals surface area contributed by atoms with Crippen molar-refractivity contribution in [3.8, 4) is 0 Å². The molecule has 0 radical (unpaired) electrons. The highest BCUT2D eigenvalue weighted by atomic mass is 32.2. The lowest BCUT2D eigenvalue weighted by Crippen LogP contribution is -2.13. The Labute approximate surface area is 142 Å². The van der Waals surface area contributed by atoms with Crippen LogP contribution >= 0.6 is 0 Å². The summed E-state index contributed by atoms with van der Waals surface area (Å²) in [4.78, 5) is 12.2. The number of nitrogens with zero attached hydrogens (tertiary/aromatic N) is 3. The van der Waals surface area contributed by atoms with Gasteiger partial charge in [-0.2, -0.15) is 5.10 Å². The molecule has 0 saturated carbocycles. The van der Waals surface area contributed by atoms with Gasteiger partial charge in [-0.05, 0) is 30.3 Å². The van der Waals surface area contributed by atoms with E-state index in [-0.39, 0.29) is 10.6 Å².